The van der Waals surface area contributed by atoms with Gasteiger partial charge in [-0.3, -0.25) is 14.9 Å². The van der Waals surface area contributed by atoms with Gasteiger partial charge in [0.25, 0.3) is 5.91 Å². The van der Waals surface area contributed by atoms with Gasteiger partial charge in [0.05, 0.1) is 12.2 Å². The van der Waals surface area contributed by atoms with Crippen molar-refractivity contribution >= 4 is 51.2 Å². The van der Waals surface area contributed by atoms with Crippen molar-refractivity contribution in [3.63, 3.8) is 0 Å². The van der Waals surface area contributed by atoms with Crippen LogP contribution >= 0.6 is 34.3 Å². The van der Waals surface area contributed by atoms with Gasteiger partial charge in [-0.05, 0) is 42.1 Å². The first kappa shape index (κ1) is 18.6. The Balaban J connectivity index is 1.46. The number of thiazole rings is 1. The van der Waals surface area contributed by atoms with Gasteiger partial charge in [0.2, 0.25) is 5.91 Å². The average Bonchev–Trinajstić information content (AvgIpc) is 3.30. The van der Waals surface area contributed by atoms with Crippen LogP contribution in [0.3, 0.4) is 0 Å². The second-order valence-electron chi connectivity index (χ2n) is 5.46. The van der Waals surface area contributed by atoms with E-state index in [0.29, 0.717) is 35.1 Å². The molecule has 2 N–H and O–H groups in total. The third-order valence-electron chi connectivity index (χ3n) is 3.53. The second-order valence-corrected chi connectivity index (χ2v) is 7.79. The van der Waals surface area contributed by atoms with Gasteiger partial charge in [0.15, 0.2) is 5.13 Å². The van der Waals surface area contributed by atoms with Crippen molar-refractivity contribution in [3.05, 3.63) is 68.3 Å². The molecule has 1 aromatic carbocycles. The molecule has 26 heavy (non-hydrogen) atoms. The average molecular weight is 406 g/mol. The summed E-state index contributed by atoms with van der Waals surface area (Å²) < 4.78 is 0. The van der Waals surface area contributed by atoms with Crippen LogP contribution in [-0.4, -0.2) is 16.8 Å². The SMILES string of the molecule is O=C(CCc1csc(NC(=O)c2ccc(Cl)cc2)n1)NCc1cccs1. The van der Waals surface area contributed by atoms with Crippen LogP contribution in [0, 0.1) is 0 Å². The number of anilines is 1. The third kappa shape index (κ3) is 5.39. The highest BCUT2D eigenvalue weighted by Gasteiger charge is 2.10. The Bertz CT molecular complexity index is 876. The molecule has 0 aliphatic carbocycles. The normalized spacial score (nSPS) is 10.5. The zero-order valence-corrected chi connectivity index (χ0v) is 16.1. The standard InChI is InChI=1S/C18H16ClN3O2S2/c19-13-5-3-12(4-6-13)17(24)22-18-21-14(11-26-18)7-8-16(23)20-10-15-2-1-9-25-15/h1-6,9,11H,7-8,10H2,(H,20,23)(H,21,22,24). The highest BCUT2D eigenvalue weighted by Crippen LogP contribution is 2.18. The minimum atomic E-state index is -0.240. The summed E-state index contributed by atoms with van der Waals surface area (Å²) in [6.07, 6.45) is 0.892. The summed E-state index contributed by atoms with van der Waals surface area (Å²) in [4.78, 5) is 29.5. The summed E-state index contributed by atoms with van der Waals surface area (Å²) >= 11 is 8.77. The lowest BCUT2D eigenvalue weighted by Gasteiger charge is -2.03. The van der Waals surface area contributed by atoms with Gasteiger partial charge in [0.1, 0.15) is 0 Å². The van der Waals surface area contributed by atoms with E-state index >= 15 is 0 Å². The van der Waals surface area contributed by atoms with Gasteiger partial charge in [-0.25, -0.2) is 4.98 Å². The van der Waals surface area contributed by atoms with E-state index in [1.54, 1.807) is 35.6 Å². The summed E-state index contributed by atoms with van der Waals surface area (Å²) in [6, 6.07) is 10.6. The first-order chi connectivity index (χ1) is 12.6. The molecule has 0 bridgehead atoms. The van der Waals surface area contributed by atoms with E-state index in [9.17, 15) is 9.59 Å². The first-order valence-corrected chi connectivity index (χ1v) is 10.0. The Morgan fingerprint density at radius 2 is 1.92 bits per heavy atom. The van der Waals surface area contributed by atoms with Gasteiger partial charge in [-0.2, -0.15) is 0 Å². The molecule has 134 valence electrons. The maximum absolute atomic E-state index is 12.1. The quantitative estimate of drug-likeness (QED) is 0.613. The molecule has 0 aliphatic rings. The Morgan fingerprint density at radius 3 is 2.65 bits per heavy atom. The number of aryl methyl sites for hydroxylation is 1. The lowest BCUT2D eigenvalue weighted by Crippen LogP contribution is -2.22. The summed E-state index contributed by atoms with van der Waals surface area (Å²) in [6.45, 7) is 0.552. The topological polar surface area (TPSA) is 71.1 Å². The third-order valence-corrected chi connectivity index (χ3v) is 5.46. The lowest BCUT2D eigenvalue weighted by molar-refractivity contribution is -0.121. The van der Waals surface area contributed by atoms with Gasteiger partial charge in [0, 0.05) is 27.3 Å². The number of amides is 2. The van der Waals surface area contributed by atoms with E-state index in [0.717, 1.165) is 10.6 Å². The van der Waals surface area contributed by atoms with Crippen molar-refractivity contribution < 1.29 is 9.59 Å². The van der Waals surface area contributed by atoms with Gasteiger partial charge in [-0.15, -0.1) is 22.7 Å². The van der Waals surface area contributed by atoms with Crippen molar-refractivity contribution in [1.29, 1.82) is 0 Å². The zero-order chi connectivity index (χ0) is 18.4. The van der Waals surface area contributed by atoms with Crippen molar-refractivity contribution in [2.75, 3.05) is 5.32 Å². The molecule has 3 aromatic rings. The fourth-order valence-electron chi connectivity index (χ4n) is 2.18. The number of benzene rings is 1. The fourth-order valence-corrected chi connectivity index (χ4v) is 3.69. The van der Waals surface area contributed by atoms with Gasteiger partial charge in [-0.1, -0.05) is 17.7 Å². The van der Waals surface area contributed by atoms with Crippen LogP contribution in [0.4, 0.5) is 5.13 Å². The number of thiophene rings is 1. The molecular weight excluding hydrogens is 390 g/mol. The predicted octanol–water partition coefficient (Wildman–Crippen LogP) is 4.36. The van der Waals surface area contributed by atoms with E-state index in [1.165, 1.54) is 11.3 Å². The Labute approximate surface area is 164 Å². The highest BCUT2D eigenvalue weighted by atomic mass is 35.5. The predicted molar refractivity (Wildman–Crippen MR) is 106 cm³/mol. The summed E-state index contributed by atoms with van der Waals surface area (Å²) in [7, 11) is 0. The molecule has 0 saturated heterocycles. The van der Waals surface area contributed by atoms with E-state index < -0.39 is 0 Å². The molecule has 0 saturated carbocycles. The van der Waals surface area contributed by atoms with Crippen LogP contribution in [0.5, 0.6) is 0 Å². The molecule has 0 atom stereocenters. The zero-order valence-electron chi connectivity index (χ0n) is 13.7. The molecule has 5 nitrogen and oxygen atoms in total. The molecule has 0 radical (unpaired) electrons. The van der Waals surface area contributed by atoms with Crippen LogP contribution in [-0.2, 0) is 17.8 Å². The summed E-state index contributed by atoms with van der Waals surface area (Å²) in [5.74, 6) is -0.255. The molecule has 2 heterocycles. The minimum Gasteiger partial charge on any atom is -0.351 e. The number of carbonyl (C=O) groups is 2. The smallest absolute Gasteiger partial charge is 0.257 e. The van der Waals surface area contributed by atoms with Crippen molar-refractivity contribution in [1.82, 2.24) is 10.3 Å². The fraction of sp³-hybridized carbons (Fsp3) is 0.167. The van der Waals surface area contributed by atoms with Crippen LogP contribution < -0.4 is 10.6 Å². The van der Waals surface area contributed by atoms with Crippen molar-refractivity contribution in [2.24, 2.45) is 0 Å². The van der Waals surface area contributed by atoms with Crippen LogP contribution in [0.25, 0.3) is 0 Å². The number of nitrogens with zero attached hydrogens (tertiary/aromatic N) is 1. The molecule has 0 fully saturated rings. The van der Waals surface area contributed by atoms with Crippen LogP contribution in [0.2, 0.25) is 5.02 Å². The molecule has 0 spiro atoms. The number of nitrogens with one attached hydrogen (secondary N) is 2. The van der Waals surface area contributed by atoms with Crippen LogP contribution in [0.15, 0.2) is 47.2 Å². The van der Waals surface area contributed by atoms with E-state index in [4.69, 9.17) is 11.6 Å². The number of aromatic nitrogens is 1. The van der Waals surface area contributed by atoms with Gasteiger partial charge < -0.3 is 5.32 Å². The van der Waals surface area contributed by atoms with Crippen LogP contribution in [0.1, 0.15) is 27.3 Å². The Morgan fingerprint density at radius 1 is 1.12 bits per heavy atom. The number of hydrogen-bond donors (Lipinski definition) is 2. The molecule has 0 aliphatic heterocycles. The largest absolute Gasteiger partial charge is 0.351 e. The van der Waals surface area contributed by atoms with E-state index in [-0.39, 0.29) is 11.8 Å². The maximum Gasteiger partial charge on any atom is 0.257 e. The molecule has 3 rings (SSSR count). The van der Waals surface area contributed by atoms with Crippen molar-refractivity contribution in [3.8, 4) is 0 Å². The van der Waals surface area contributed by atoms with Crippen molar-refractivity contribution in [2.45, 2.75) is 19.4 Å². The van der Waals surface area contributed by atoms with Gasteiger partial charge >= 0.3 is 0 Å². The number of halogens is 1. The highest BCUT2D eigenvalue weighted by molar-refractivity contribution is 7.14. The molecule has 8 heteroatoms. The number of hydrogen-bond acceptors (Lipinski definition) is 5. The molecule has 2 aromatic heterocycles. The summed E-state index contributed by atoms with van der Waals surface area (Å²) in [5, 5.41) is 10.6. The minimum absolute atomic E-state index is 0.0156. The Hall–Kier alpha value is -2.22. The summed E-state index contributed by atoms with van der Waals surface area (Å²) in [5.41, 5.74) is 1.30. The first-order valence-electron chi connectivity index (χ1n) is 7.90. The Kier molecular flexibility index (Phi) is 6.38. The lowest BCUT2D eigenvalue weighted by atomic mass is 10.2. The molecule has 0 unspecified atom stereocenters. The second kappa shape index (κ2) is 8.93. The number of rotatable bonds is 7. The molecule has 2 amide bonds. The monoisotopic (exact) mass is 405 g/mol. The maximum atomic E-state index is 12.1. The van der Waals surface area contributed by atoms with E-state index in [1.807, 2.05) is 22.9 Å². The molecular formula is C18H16ClN3O2S2. The number of carbonyl (C=O) groups excluding carboxylic acids is 2. The van der Waals surface area contributed by atoms with E-state index in [2.05, 4.69) is 15.6 Å².